The summed E-state index contributed by atoms with van der Waals surface area (Å²) in [5.74, 6) is 0.563. The number of hydrogen-bond donors (Lipinski definition) is 1. The summed E-state index contributed by atoms with van der Waals surface area (Å²) < 4.78 is 0. The Morgan fingerprint density at radius 2 is 1.79 bits per heavy atom. The number of rotatable bonds is 4. The third-order valence-corrected chi connectivity index (χ3v) is 2.29. The Bertz CT molecular complexity index is 287. The highest BCUT2D eigenvalue weighted by atomic mass is 14.9. The minimum absolute atomic E-state index is 0.359. The lowest BCUT2D eigenvalue weighted by molar-refractivity contribution is 0.580. The van der Waals surface area contributed by atoms with Crippen molar-refractivity contribution in [2.45, 2.75) is 26.8 Å². The molecule has 0 aliphatic carbocycles. The fourth-order valence-corrected chi connectivity index (χ4v) is 1.57. The van der Waals surface area contributed by atoms with Crippen LogP contribution in [0.25, 0.3) is 0 Å². The minimum atomic E-state index is 0.359. The van der Waals surface area contributed by atoms with Crippen LogP contribution in [0.1, 0.15) is 20.8 Å². The largest absolute Gasteiger partial charge is 0.378 e. The van der Waals surface area contributed by atoms with Crippen LogP contribution in [0.3, 0.4) is 0 Å². The van der Waals surface area contributed by atoms with Crippen LogP contribution in [-0.2, 0) is 0 Å². The van der Waals surface area contributed by atoms with Gasteiger partial charge in [-0.3, -0.25) is 0 Å². The van der Waals surface area contributed by atoms with Crippen molar-refractivity contribution in [2.75, 3.05) is 5.32 Å². The van der Waals surface area contributed by atoms with Crippen LogP contribution in [0.2, 0.25) is 0 Å². The van der Waals surface area contributed by atoms with E-state index in [-0.39, 0.29) is 0 Å². The minimum Gasteiger partial charge on any atom is -0.378 e. The molecule has 0 aromatic heterocycles. The van der Waals surface area contributed by atoms with Gasteiger partial charge in [0, 0.05) is 11.7 Å². The van der Waals surface area contributed by atoms with Crippen LogP contribution in [0.5, 0.6) is 0 Å². The van der Waals surface area contributed by atoms with Gasteiger partial charge in [0.05, 0.1) is 0 Å². The van der Waals surface area contributed by atoms with E-state index in [0.717, 1.165) is 5.69 Å². The third-order valence-electron chi connectivity index (χ3n) is 2.29. The molecule has 1 N–H and O–H groups in total. The summed E-state index contributed by atoms with van der Waals surface area (Å²) in [5, 5.41) is 3.48. The smallest absolute Gasteiger partial charge is 0.0491 e. The van der Waals surface area contributed by atoms with Crippen molar-refractivity contribution in [2.24, 2.45) is 5.92 Å². The molecule has 0 spiro atoms. The molecule has 1 rings (SSSR count). The zero-order chi connectivity index (χ0) is 10.6. The van der Waals surface area contributed by atoms with E-state index in [1.165, 1.54) is 5.57 Å². The first-order chi connectivity index (χ1) is 6.61. The Morgan fingerprint density at radius 3 is 2.21 bits per heavy atom. The van der Waals surface area contributed by atoms with Crippen molar-refractivity contribution in [3.05, 3.63) is 42.5 Å². The molecule has 0 radical (unpaired) electrons. The Hall–Kier alpha value is -1.24. The molecule has 0 saturated heterocycles. The molecule has 0 heterocycles. The number of hydrogen-bond acceptors (Lipinski definition) is 1. The van der Waals surface area contributed by atoms with E-state index in [2.05, 4.69) is 44.8 Å². The molecular formula is C13H19N. The zero-order valence-corrected chi connectivity index (χ0v) is 9.25. The monoisotopic (exact) mass is 189 g/mol. The Morgan fingerprint density at radius 1 is 1.21 bits per heavy atom. The van der Waals surface area contributed by atoms with Gasteiger partial charge >= 0.3 is 0 Å². The quantitative estimate of drug-likeness (QED) is 0.712. The Balaban J connectivity index is 2.70. The molecule has 1 unspecified atom stereocenters. The van der Waals surface area contributed by atoms with Crippen molar-refractivity contribution >= 4 is 5.69 Å². The molecule has 0 aliphatic rings. The maximum atomic E-state index is 4.01. The van der Waals surface area contributed by atoms with Crippen LogP contribution in [-0.4, -0.2) is 6.04 Å². The molecule has 1 aromatic rings. The molecule has 0 bridgehead atoms. The van der Waals surface area contributed by atoms with Gasteiger partial charge in [-0.05, 0) is 25.0 Å². The number of para-hydroxylation sites is 1. The number of anilines is 1. The predicted molar refractivity (Wildman–Crippen MR) is 63.5 cm³/mol. The molecule has 0 amide bonds. The van der Waals surface area contributed by atoms with Crippen LogP contribution >= 0.6 is 0 Å². The Kier molecular flexibility index (Phi) is 3.75. The molecule has 76 valence electrons. The van der Waals surface area contributed by atoms with Crippen molar-refractivity contribution in [3.8, 4) is 0 Å². The molecule has 1 heteroatoms. The Labute approximate surface area is 86.8 Å². The van der Waals surface area contributed by atoms with E-state index in [0.29, 0.717) is 12.0 Å². The fraction of sp³-hybridized carbons (Fsp3) is 0.385. The summed E-state index contributed by atoms with van der Waals surface area (Å²) in [6.07, 6.45) is 0. The summed E-state index contributed by atoms with van der Waals surface area (Å²) in [6, 6.07) is 10.6. The van der Waals surface area contributed by atoms with Gasteiger partial charge < -0.3 is 5.32 Å². The molecule has 1 aromatic carbocycles. The van der Waals surface area contributed by atoms with Gasteiger partial charge in [0.2, 0.25) is 0 Å². The van der Waals surface area contributed by atoms with Crippen molar-refractivity contribution in [1.82, 2.24) is 0 Å². The summed E-state index contributed by atoms with van der Waals surface area (Å²) >= 11 is 0. The zero-order valence-electron chi connectivity index (χ0n) is 9.25. The second kappa shape index (κ2) is 4.85. The molecule has 0 saturated carbocycles. The predicted octanol–water partition coefficient (Wildman–Crippen LogP) is 3.70. The summed E-state index contributed by atoms with van der Waals surface area (Å²) in [6.45, 7) is 10.5. The highest BCUT2D eigenvalue weighted by Gasteiger charge is 2.12. The standard InChI is InChI=1S/C13H19N/c1-10(2)13(11(3)4)14-12-8-6-5-7-9-12/h5-9,11,13-14H,1H2,2-4H3. The number of nitrogens with one attached hydrogen (secondary N) is 1. The van der Waals surface area contributed by atoms with Crippen LogP contribution in [0, 0.1) is 5.92 Å². The van der Waals surface area contributed by atoms with Gasteiger partial charge in [-0.15, -0.1) is 0 Å². The van der Waals surface area contributed by atoms with Gasteiger partial charge in [-0.25, -0.2) is 0 Å². The first kappa shape index (κ1) is 10.8. The lowest BCUT2D eigenvalue weighted by atomic mass is 9.98. The van der Waals surface area contributed by atoms with Gasteiger partial charge in [0.25, 0.3) is 0 Å². The van der Waals surface area contributed by atoms with E-state index in [1.807, 2.05) is 18.2 Å². The average Bonchev–Trinajstić information content (AvgIpc) is 2.15. The lowest BCUT2D eigenvalue weighted by Gasteiger charge is -2.23. The van der Waals surface area contributed by atoms with E-state index in [9.17, 15) is 0 Å². The second-order valence-electron chi connectivity index (χ2n) is 4.08. The van der Waals surface area contributed by atoms with Gasteiger partial charge in [-0.2, -0.15) is 0 Å². The normalized spacial score (nSPS) is 12.6. The van der Waals surface area contributed by atoms with Gasteiger partial charge in [0.1, 0.15) is 0 Å². The van der Waals surface area contributed by atoms with E-state index < -0.39 is 0 Å². The van der Waals surface area contributed by atoms with Crippen LogP contribution in [0.15, 0.2) is 42.5 Å². The third kappa shape index (κ3) is 2.91. The molecule has 0 fully saturated rings. The highest BCUT2D eigenvalue weighted by Crippen LogP contribution is 2.16. The van der Waals surface area contributed by atoms with Crippen molar-refractivity contribution in [1.29, 1.82) is 0 Å². The first-order valence-corrected chi connectivity index (χ1v) is 5.08. The molecule has 14 heavy (non-hydrogen) atoms. The van der Waals surface area contributed by atoms with Gasteiger partial charge in [-0.1, -0.05) is 44.2 Å². The van der Waals surface area contributed by atoms with Crippen molar-refractivity contribution in [3.63, 3.8) is 0 Å². The fourth-order valence-electron chi connectivity index (χ4n) is 1.57. The van der Waals surface area contributed by atoms with Gasteiger partial charge in [0.15, 0.2) is 0 Å². The van der Waals surface area contributed by atoms with Crippen LogP contribution in [0.4, 0.5) is 5.69 Å². The lowest BCUT2D eigenvalue weighted by Crippen LogP contribution is -2.26. The summed E-state index contributed by atoms with van der Waals surface area (Å²) in [5.41, 5.74) is 2.35. The van der Waals surface area contributed by atoms with Crippen molar-refractivity contribution < 1.29 is 0 Å². The molecular weight excluding hydrogens is 170 g/mol. The number of benzene rings is 1. The molecule has 1 atom stereocenters. The van der Waals surface area contributed by atoms with Crippen LogP contribution < -0.4 is 5.32 Å². The summed E-state index contributed by atoms with van der Waals surface area (Å²) in [4.78, 5) is 0. The topological polar surface area (TPSA) is 12.0 Å². The summed E-state index contributed by atoms with van der Waals surface area (Å²) in [7, 11) is 0. The van der Waals surface area contributed by atoms with E-state index in [1.54, 1.807) is 0 Å². The average molecular weight is 189 g/mol. The molecule has 1 nitrogen and oxygen atoms in total. The second-order valence-corrected chi connectivity index (χ2v) is 4.08. The maximum absolute atomic E-state index is 4.01. The van der Waals surface area contributed by atoms with E-state index in [4.69, 9.17) is 0 Å². The molecule has 0 aliphatic heterocycles. The maximum Gasteiger partial charge on any atom is 0.0491 e. The SMILES string of the molecule is C=C(C)C(Nc1ccccc1)C(C)C. The van der Waals surface area contributed by atoms with E-state index >= 15 is 0 Å². The highest BCUT2D eigenvalue weighted by molar-refractivity contribution is 5.45. The first-order valence-electron chi connectivity index (χ1n) is 5.08.